The SMILES string of the molecule is N#CC1CCCCC1Nc1ccc(Br)c(Cl)c1Cl. The maximum Gasteiger partial charge on any atom is 0.0835 e. The third kappa shape index (κ3) is 2.93. The second-order valence-corrected chi connectivity index (χ2v) is 6.10. The highest BCUT2D eigenvalue weighted by Gasteiger charge is 2.25. The molecule has 1 aromatic carbocycles. The highest BCUT2D eigenvalue weighted by atomic mass is 79.9. The van der Waals surface area contributed by atoms with Gasteiger partial charge in [-0.05, 0) is 40.9 Å². The molecule has 1 aromatic rings. The lowest BCUT2D eigenvalue weighted by Gasteiger charge is -2.29. The lowest BCUT2D eigenvalue weighted by atomic mass is 9.85. The standard InChI is InChI=1S/C13H13BrCl2N2/c14-9-5-6-11(13(16)12(9)15)18-10-4-2-1-3-8(10)7-17/h5-6,8,10,18H,1-4H2. The predicted molar refractivity (Wildman–Crippen MR) is 79.1 cm³/mol. The average molecular weight is 348 g/mol. The summed E-state index contributed by atoms with van der Waals surface area (Å²) in [6, 6.07) is 6.29. The van der Waals surface area contributed by atoms with E-state index in [1.165, 1.54) is 0 Å². The van der Waals surface area contributed by atoms with Gasteiger partial charge in [0.2, 0.25) is 0 Å². The number of halogens is 3. The summed E-state index contributed by atoms with van der Waals surface area (Å²) in [6.45, 7) is 0. The van der Waals surface area contributed by atoms with Crippen molar-refractivity contribution in [1.82, 2.24) is 0 Å². The molecule has 0 bridgehead atoms. The number of hydrogen-bond donors (Lipinski definition) is 1. The lowest BCUT2D eigenvalue weighted by Crippen LogP contribution is -2.31. The molecule has 0 amide bonds. The van der Waals surface area contributed by atoms with Crippen LogP contribution in [-0.2, 0) is 0 Å². The van der Waals surface area contributed by atoms with Crippen molar-refractivity contribution in [3.63, 3.8) is 0 Å². The number of hydrogen-bond acceptors (Lipinski definition) is 2. The van der Waals surface area contributed by atoms with Gasteiger partial charge < -0.3 is 5.32 Å². The minimum Gasteiger partial charge on any atom is -0.380 e. The number of anilines is 1. The zero-order valence-corrected chi connectivity index (χ0v) is 12.8. The van der Waals surface area contributed by atoms with Crippen LogP contribution in [0.25, 0.3) is 0 Å². The van der Waals surface area contributed by atoms with Crippen LogP contribution in [0.15, 0.2) is 16.6 Å². The van der Waals surface area contributed by atoms with E-state index < -0.39 is 0 Å². The predicted octanol–water partition coefficient (Wildman–Crippen LogP) is 5.25. The van der Waals surface area contributed by atoms with Crippen LogP contribution in [0.2, 0.25) is 10.0 Å². The van der Waals surface area contributed by atoms with Crippen molar-refractivity contribution in [1.29, 1.82) is 5.26 Å². The van der Waals surface area contributed by atoms with Gasteiger partial charge in [-0.3, -0.25) is 0 Å². The molecule has 2 rings (SSSR count). The Bertz CT molecular complexity index is 485. The van der Waals surface area contributed by atoms with Crippen molar-refractivity contribution >= 4 is 44.8 Å². The molecule has 18 heavy (non-hydrogen) atoms. The molecule has 0 heterocycles. The van der Waals surface area contributed by atoms with Gasteiger partial charge in [0.1, 0.15) is 0 Å². The van der Waals surface area contributed by atoms with Crippen LogP contribution in [0.4, 0.5) is 5.69 Å². The van der Waals surface area contributed by atoms with Gasteiger partial charge in [-0.1, -0.05) is 36.0 Å². The molecule has 2 nitrogen and oxygen atoms in total. The molecule has 96 valence electrons. The summed E-state index contributed by atoms with van der Waals surface area (Å²) >= 11 is 15.6. The number of nitrogens with one attached hydrogen (secondary N) is 1. The van der Waals surface area contributed by atoms with E-state index in [1.807, 2.05) is 12.1 Å². The molecule has 1 N–H and O–H groups in total. The van der Waals surface area contributed by atoms with Crippen molar-refractivity contribution < 1.29 is 0 Å². The molecule has 1 aliphatic rings. The summed E-state index contributed by atoms with van der Waals surface area (Å²) in [5, 5.41) is 13.5. The topological polar surface area (TPSA) is 35.8 Å². The Morgan fingerprint density at radius 1 is 1.22 bits per heavy atom. The van der Waals surface area contributed by atoms with Crippen molar-refractivity contribution in [2.45, 2.75) is 31.7 Å². The average Bonchev–Trinajstić information content (AvgIpc) is 2.40. The fourth-order valence-corrected chi connectivity index (χ4v) is 3.12. The van der Waals surface area contributed by atoms with E-state index in [9.17, 15) is 0 Å². The van der Waals surface area contributed by atoms with Gasteiger partial charge in [-0.25, -0.2) is 0 Å². The monoisotopic (exact) mass is 346 g/mol. The molecule has 2 atom stereocenters. The smallest absolute Gasteiger partial charge is 0.0835 e. The lowest BCUT2D eigenvalue weighted by molar-refractivity contribution is 0.389. The fourth-order valence-electron chi connectivity index (χ4n) is 2.30. The Balaban J connectivity index is 2.18. The molecule has 0 aromatic heterocycles. The van der Waals surface area contributed by atoms with Crippen LogP contribution < -0.4 is 5.32 Å². The van der Waals surface area contributed by atoms with Gasteiger partial charge >= 0.3 is 0 Å². The quantitative estimate of drug-likeness (QED) is 0.741. The minimum atomic E-state index is 0.0530. The van der Waals surface area contributed by atoms with Gasteiger partial charge in [-0.15, -0.1) is 0 Å². The molecule has 1 saturated carbocycles. The Labute approximate surface area is 125 Å². The van der Waals surface area contributed by atoms with E-state index in [4.69, 9.17) is 28.5 Å². The maximum absolute atomic E-state index is 9.15. The van der Waals surface area contributed by atoms with Crippen molar-refractivity contribution in [3.8, 4) is 6.07 Å². The Morgan fingerprint density at radius 2 is 1.94 bits per heavy atom. The van der Waals surface area contributed by atoms with Crippen LogP contribution in [0.5, 0.6) is 0 Å². The first-order chi connectivity index (χ1) is 8.63. The molecule has 0 saturated heterocycles. The zero-order chi connectivity index (χ0) is 13.1. The fraction of sp³-hybridized carbons (Fsp3) is 0.462. The molecular weight excluding hydrogens is 335 g/mol. The second kappa shape index (κ2) is 6.14. The normalized spacial score (nSPS) is 23.4. The van der Waals surface area contributed by atoms with E-state index in [0.29, 0.717) is 10.0 Å². The van der Waals surface area contributed by atoms with E-state index in [0.717, 1.165) is 35.8 Å². The number of nitriles is 1. The minimum absolute atomic E-state index is 0.0530. The summed E-state index contributed by atoms with van der Waals surface area (Å²) in [7, 11) is 0. The van der Waals surface area contributed by atoms with Gasteiger partial charge in [0, 0.05) is 10.5 Å². The molecule has 1 fully saturated rings. The number of benzene rings is 1. The largest absolute Gasteiger partial charge is 0.380 e. The zero-order valence-electron chi connectivity index (χ0n) is 9.72. The highest BCUT2D eigenvalue weighted by Crippen LogP contribution is 2.37. The van der Waals surface area contributed by atoms with Crippen LogP contribution >= 0.6 is 39.1 Å². The highest BCUT2D eigenvalue weighted by molar-refractivity contribution is 9.10. The van der Waals surface area contributed by atoms with Crippen LogP contribution in [0, 0.1) is 17.2 Å². The first-order valence-electron chi connectivity index (χ1n) is 5.93. The van der Waals surface area contributed by atoms with Gasteiger partial charge in [0.05, 0.1) is 27.7 Å². The Kier molecular flexibility index (Phi) is 4.77. The summed E-state index contributed by atoms with van der Waals surface area (Å²) in [4.78, 5) is 0. The van der Waals surface area contributed by atoms with Gasteiger partial charge in [0.25, 0.3) is 0 Å². The summed E-state index contributed by atoms with van der Waals surface area (Å²) in [5.41, 5.74) is 0.803. The van der Waals surface area contributed by atoms with Crippen LogP contribution in [0.3, 0.4) is 0 Å². The van der Waals surface area contributed by atoms with E-state index >= 15 is 0 Å². The Hall–Kier alpha value is -0.430. The molecule has 5 heteroatoms. The molecule has 0 spiro atoms. The third-order valence-corrected chi connectivity index (χ3v) is 5.08. The number of nitrogens with zero attached hydrogens (tertiary/aromatic N) is 1. The summed E-state index contributed by atoms with van der Waals surface area (Å²) < 4.78 is 0.778. The van der Waals surface area contributed by atoms with Crippen molar-refractivity contribution in [2.24, 2.45) is 5.92 Å². The molecule has 0 aliphatic heterocycles. The van der Waals surface area contributed by atoms with E-state index in [1.54, 1.807) is 0 Å². The molecule has 0 radical (unpaired) electrons. The maximum atomic E-state index is 9.15. The Morgan fingerprint density at radius 3 is 2.67 bits per heavy atom. The summed E-state index contributed by atoms with van der Waals surface area (Å²) in [6.07, 6.45) is 4.24. The van der Waals surface area contributed by atoms with Crippen molar-refractivity contribution in [3.05, 3.63) is 26.7 Å². The molecule has 1 aliphatic carbocycles. The van der Waals surface area contributed by atoms with E-state index in [2.05, 4.69) is 27.3 Å². The van der Waals surface area contributed by atoms with Gasteiger partial charge in [-0.2, -0.15) is 5.26 Å². The first kappa shape index (κ1) is 14.0. The van der Waals surface area contributed by atoms with Gasteiger partial charge in [0.15, 0.2) is 0 Å². The van der Waals surface area contributed by atoms with E-state index in [-0.39, 0.29) is 12.0 Å². The van der Waals surface area contributed by atoms with Crippen LogP contribution in [0.1, 0.15) is 25.7 Å². The number of rotatable bonds is 2. The summed E-state index contributed by atoms with van der Waals surface area (Å²) in [5.74, 6) is 0.0530. The molecular formula is C13H13BrCl2N2. The second-order valence-electron chi connectivity index (χ2n) is 4.49. The van der Waals surface area contributed by atoms with Crippen molar-refractivity contribution in [2.75, 3.05) is 5.32 Å². The first-order valence-corrected chi connectivity index (χ1v) is 7.48. The third-order valence-electron chi connectivity index (χ3n) is 3.31. The van der Waals surface area contributed by atoms with Crippen LogP contribution in [-0.4, -0.2) is 6.04 Å². The molecule has 2 unspecified atom stereocenters.